The van der Waals surface area contributed by atoms with E-state index in [9.17, 15) is 4.79 Å². The number of aliphatic carboxylic acids is 1. The third kappa shape index (κ3) is 2.19. The highest BCUT2D eigenvalue weighted by Crippen LogP contribution is 2.37. The van der Waals surface area contributed by atoms with E-state index >= 15 is 0 Å². The fourth-order valence-corrected chi connectivity index (χ4v) is 1.58. The quantitative estimate of drug-likeness (QED) is 0.642. The summed E-state index contributed by atoms with van der Waals surface area (Å²) in [5.41, 5.74) is -1.04. The predicted octanol–water partition coefficient (Wildman–Crippen LogP) is 1.35. The van der Waals surface area contributed by atoms with Gasteiger partial charge in [0.15, 0.2) is 0 Å². The van der Waals surface area contributed by atoms with Crippen molar-refractivity contribution in [3.63, 3.8) is 0 Å². The Morgan fingerprint density at radius 1 is 1.42 bits per heavy atom. The number of hydrogen-bond acceptors (Lipinski definition) is 3. The molecule has 1 heterocycles. The van der Waals surface area contributed by atoms with Crippen LogP contribution in [0, 0.1) is 0 Å². The molecule has 1 atom stereocenters. The number of rotatable bonds is 2. The molecule has 1 rings (SSSR count). The molecule has 1 fully saturated rings. The molecule has 0 saturated carbocycles. The van der Waals surface area contributed by atoms with E-state index in [-0.39, 0.29) is 12.0 Å². The van der Waals surface area contributed by atoms with Crippen molar-refractivity contribution in [2.75, 3.05) is 0 Å². The van der Waals surface area contributed by atoms with E-state index in [0.29, 0.717) is 6.42 Å². The van der Waals surface area contributed by atoms with E-state index in [4.69, 9.17) is 14.9 Å². The van der Waals surface area contributed by atoms with Crippen molar-refractivity contribution in [2.24, 2.45) is 0 Å². The lowest BCUT2D eigenvalue weighted by molar-refractivity contribution is -0.341. The van der Waals surface area contributed by atoms with Crippen LogP contribution in [0.2, 0.25) is 0 Å². The summed E-state index contributed by atoms with van der Waals surface area (Å²) in [6, 6.07) is 0. The van der Waals surface area contributed by atoms with Gasteiger partial charge in [-0.05, 0) is 20.8 Å². The van der Waals surface area contributed by atoms with Crippen molar-refractivity contribution >= 4 is 5.97 Å². The van der Waals surface area contributed by atoms with Gasteiger partial charge in [0.05, 0.1) is 6.42 Å². The van der Waals surface area contributed by atoms with Gasteiger partial charge in [-0.1, -0.05) is 0 Å². The molecule has 0 aromatic heterocycles. The summed E-state index contributed by atoms with van der Waals surface area (Å²) < 4.78 is 0. The van der Waals surface area contributed by atoms with E-state index in [1.54, 1.807) is 6.92 Å². The molecule has 0 aromatic rings. The van der Waals surface area contributed by atoms with Gasteiger partial charge >= 0.3 is 5.97 Å². The fraction of sp³-hybridized carbons (Fsp3) is 0.875. The number of hydrogen-bond donors (Lipinski definition) is 1. The molecule has 0 radical (unpaired) electrons. The second-order valence-electron chi connectivity index (χ2n) is 4.12. The first kappa shape index (κ1) is 9.48. The molecule has 1 N–H and O–H groups in total. The van der Waals surface area contributed by atoms with Gasteiger partial charge in [-0.25, -0.2) is 9.78 Å². The minimum atomic E-state index is -0.862. The van der Waals surface area contributed by atoms with Crippen LogP contribution in [-0.2, 0) is 14.6 Å². The Kier molecular flexibility index (Phi) is 2.14. The lowest BCUT2D eigenvalue weighted by Gasteiger charge is -2.17. The first-order valence-electron chi connectivity index (χ1n) is 3.92. The lowest BCUT2D eigenvalue weighted by Crippen LogP contribution is -2.29. The minimum absolute atomic E-state index is 0.0174. The molecule has 1 saturated heterocycles. The standard InChI is InChI=1S/C8H14O4/c1-7(2)5-8(3,12-11-7)4-6(9)10/h4-5H2,1-3H3,(H,9,10). The molecule has 70 valence electrons. The van der Waals surface area contributed by atoms with E-state index in [1.807, 2.05) is 13.8 Å². The summed E-state index contributed by atoms with van der Waals surface area (Å²) in [5.74, 6) is -0.862. The first-order chi connectivity index (χ1) is 5.33. The topological polar surface area (TPSA) is 55.8 Å². The number of carboxylic acid groups (broad SMARTS) is 1. The van der Waals surface area contributed by atoms with Gasteiger partial charge in [-0.15, -0.1) is 0 Å². The van der Waals surface area contributed by atoms with Gasteiger partial charge in [0, 0.05) is 6.42 Å². The monoisotopic (exact) mass is 174 g/mol. The highest BCUT2D eigenvalue weighted by atomic mass is 17.2. The van der Waals surface area contributed by atoms with Crippen LogP contribution in [0.3, 0.4) is 0 Å². The maximum absolute atomic E-state index is 10.4. The molecular formula is C8H14O4. The molecule has 4 heteroatoms. The largest absolute Gasteiger partial charge is 0.481 e. The maximum atomic E-state index is 10.4. The molecule has 1 aliphatic heterocycles. The first-order valence-corrected chi connectivity index (χ1v) is 3.92. The molecule has 0 aliphatic carbocycles. The zero-order valence-electron chi connectivity index (χ0n) is 7.59. The van der Waals surface area contributed by atoms with E-state index in [2.05, 4.69) is 0 Å². The Morgan fingerprint density at radius 2 is 2.00 bits per heavy atom. The van der Waals surface area contributed by atoms with Gasteiger partial charge in [0.1, 0.15) is 11.2 Å². The predicted molar refractivity (Wildman–Crippen MR) is 41.5 cm³/mol. The summed E-state index contributed by atoms with van der Waals surface area (Å²) in [6.45, 7) is 5.50. The molecule has 0 spiro atoms. The van der Waals surface area contributed by atoms with Crippen molar-refractivity contribution in [1.29, 1.82) is 0 Å². The minimum Gasteiger partial charge on any atom is -0.481 e. The van der Waals surface area contributed by atoms with Crippen molar-refractivity contribution in [3.8, 4) is 0 Å². The third-order valence-electron chi connectivity index (χ3n) is 1.79. The van der Waals surface area contributed by atoms with Crippen LogP contribution in [0.1, 0.15) is 33.6 Å². The van der Waals surface area contributed by atoms with Crippen LogP contribution < -0.4 is 0 Å². The van der Waals surface area contributed by atoms with Crippen LogP contribution >= 0.6 is 0 Å². The highest BCUT2D eigenvalue weighted by Gasteiger charge is 2.44. The smallest absolute Gasteiger partial charge is 0.306 e. The Bertz CT molecular complexity index is 199. The Morgan fingerprint density at radius 3 is 2.33 bits per heavy atom. The van der Waals surface area contributed by atoms with Gasteiger partial charge < -0.3 is 5.11 Å². The molecule has 0 aromatic carbocycles. The van der Waals surface area contributed by atoms with E-state index in [1.165, 1.54) is 0 Å². The third-order valence-corrected chi connectivity index (χ3v) is 1.79. The van der Waals surface area contributed by atoms with Crippen molar-refractivity contribution in [1.82, 2.24) is 0 Å². The summed E-state index contributed by atoms with van der Waals surface area (Å²) in [7, 11) is 0. The van der Waals surface area contributed by atoms with Crippen LogP contribution in [-0.4, -0.2) is 22.3 Å². The SMILES string of the molecule is CC1(C)CC(C)(CC(=O)O)OO1. The molecule has 4 nitrogen and oxygen atoms in total. The average Bonchev–Trinajstić information content (AvgIpc) is 2.03. The second-order valence-corrected chi connectivity index (χ2v) is 4.12. The molecule has 0 bridgehead atoms. The average molecular weight is 174 g/mol. The van der Waals surface area contributed by atoms with Crippen molar-refractivity contribution in [2.45, 2.75) is 44.8 Å². The second kappa shape index (κ2) is 2.71. The zero-order chi connectivity index (χ0) is 9.41. The molecule has 0 amide bonds. The maximum Gasteiger partial charge on any atom is 0.306 e. The summed E-state index contributed by atoms with van der Waals surface area (Å²) in [6.07, 6.45) is 0.586. The van der Waals surface area contributed by atoms with Gasteiger partial charge in [0.25, 0.3) is 0 Å². The molecule has 1 unspecified atom stereocenters. The van der Waals surface area contributed by atoms with Crippen LogP contribution in [0.15, 0.2) is 0 Å². The van der Waals surface area contributed by atoms with E-state index < -0.39 is 11.6 Å². The summed E-state index contributed by atoms with van der Waals surface area (Å²) in [5, 5.41) is 8.57. The number of carboxylic acids is 1. The molecular weight excluding hydrogens is 160 g/mol. The van der Waals surface area contributed by atoms with E-state index in [0.717, 1.165) is 0 Å². The number of carbonyl (C=O) groups is 1. The van der Waals surface area contributed by atoms with Gasteiger partial charge in [-0.3, -0.25) is 4.79 Å². The Hall–Kier alpha value is -0.610. The summed E-state index contributed by atoms with van der Waals surface area (Å²) >= 11 is 0. The highest BCUT2D eigenvalue weighted by molar-refractivity contribution is 5.68. The van der Waals surface area contributed by atoms with Crippen molar-refractivity contribution < 1.29 is 19.7 Å². The molecule has 12 heavy (non-hydrogen) atoms. The Labute approximate surface area is 71.4 Å². The summed E-state index contributed by atoms with van der Waals surface area (Å²) in [4.78, 5) is 20.4. The lowest BCUT2D eigenvalue weighted by atomic mass is 9.90. The van der Waals surface area contributed by atoms with Crippen LogP contribution in [0.4, 0.5) is 0 Å². The van der Waals surface area contributed by atoms with Crippen molar-refractivity contribution in [3.05, 3.63) is 0 Å². The zero-order valence-corrected chi connectivity index (χ0v) is 7.59. The van der Waals surface area contributed by atoms with Crippen LogP contribution in [0.5, 0.6) is 0 Å². The van der Waals surface area contributed by atoms with Gasteiger partial charge in [0.2, 0.25) is 0 Å². The van der Waals surface area contributed by atoms with Crippen LogP contribution in [0.25, 0.3) is 0 Å². The fourth-order valence-electron chi connectivity index (χ4n) is 1.58. The Balaban J connectivity index is 2.58. The van der Waals surface area contributed by atoms with Gasteiger partial charge in [-0.2, -0.15) is 0 Å². The molecule has 1 aliphatic rings. The normalized spacial score (nSPS) is 33.6.